The van der Waals surface area contributed by atoms with Gasteiger partial charge in [0.05, 0.1) is 19.1 Å². The molecule has 6 nitrogen and oxygen atoms in total. The van der Waals surface area contributed by atoms with Crippen molar-refractivity contribution in [1.82, 2.24) is 10.2 Å². The quantitative estimate of drug-likeness (QED) is 0.767. The number of hydrogen-bond donors (Lipinski definition) is 1. The van der Waals surface area contributed by atoms with E-state index in [2.05, 4.69) is 12.2 Å². The maximum atomic E-state index is 12.8. The summed E-state index contributed by atoms with van der Waals surface area (Å²) >= 11 is 0. The van der Waals surface area contributed by atoms with Gasteiger partial charge < -0.3 is 19.7 Å². The molecule has 0 bridgehead atoms. The van der Waals surface area contributed by atoms with Crippen molar-refractivity contribution in [3.05, 3.63) is 0 Å². The summed E-state index contributed by atoms with van der Waals surface area (Å²) in [5.41, 5.74) is 0. The van der Waals surface area contributed by atoms with Crippen LogP contribution in [0.2, 0.25) is 0 Å². The fourth-order valence-electron chi connectivity index (χ4n) is 5.00. The number of amides is 2. The maximum Gasteiger partial charge on any atom is 0.222 e. The summed E-state index contributed by atoms with van der Waals surface area (Å²) < 4.78 is 11.4. The number of rotatable bonds is 6. The van der Waals surface area contributed by atoms with Crippen LogP contribution in [0.5, 0.6) is 0 Å². The topological polar surface area (TPSA) is 67.9 Å². The van der Waals surface area contributed by atoms with Gasteiger partial charge in [0, 0.05) is 44.7 Å². The van der Waals surface area contributed by atoms with E-state index in [1.54, 1.807) is 0 Å². The molecule has 3 aliphatic heterocycles. The third-order valence-electron chi connectivity index (χ3n) is 7.07. The molecule has 1 unspecified atom stereocenters. The molecule has 0 aromatic rings. The number of piperidine rings is 1. The largest absolute Gasteiger partial charge is 0.381 e. The SMILES string of the molecule is C[C@@H](NC(=O)CC1OC[C@@H]2CCN(C(=O)CC3CCOCC3)C[C@H]12)C1CC1. The molecule has 6 heteroatoms. The van der Waals surface area contributed by atoms with Crippen LogP contribution < -0.4 is 5.32 Å². The van der Waals surface area contributed by atoms with Crippen LogP contribution in [0.15, 0.2) is 0 Å². The van der Waals surface area contributed by atoms with Gasteiger partial charge in [0.2, 0.25) is 11.8 Å². The Kier molecular flexibility index (Phi) is 6.02. The van der Waals surface area contributed by atoms with Crippen LogP contribution in [-0.2, 0) is 19.1 Å². The van der Waals surface area contributed by atoms with E-state index in [0.29, 0.717) is 36.5 Å². The highest BCUT2D eigenvalue weighted by Gasteiger charge is 2.43. The van der Waals surface area contributed by atoms with Crippen LogP contribution in [0, 0.1) is 23.7 Å². The van der Waals surface area contributed by atoms with Crippen molar-refractivity contribution in [1.29, 1.82) is 0 Å². The van der Waals surface area contributed by atoms with Crippen molar-refractivity contribution < 1.29 is 19.1 Å². The first kappa shape index (κ1) is 19.2. The molecule has 4 fully saturated rings. The number of hydrogen-bond acceptors (Lipinski definition) is 4. The fourth-order valence-corrected chi connectivity index (χ4v) is 5.00. The van der Waals surface area contributed by atoms with Crippen molar-refractivity contribution in [2.75, 3.05) is 32.9 Å². The zero-order chi connectivity index (χ0) is 18.8. The Balaban J connectivity index is 1.27. The van der Waals surface area contributed by atoms with E-state index in [-0.39, 0.29) is 24.0 Å². The summed E-state index contributed by atoms with van der Waals surface area (Å²) in [7, 11) is 0. The van der Waals surface area contributed by atoms with Crippen molar-refractivity contribution in [2.45, 2.75) is 64.0 Å². The molecule has 0 radical (unpaired) electrons. The van der Waals surface area contributed by atoms with Gasteiger partial charge >= 0.3 is 0 Å². The monoisotopic (exact) mass is 378 g/mol. The third kappa shape index (κ3) is 4.83. The summed E-state index contributed by atoms with van der Waals surface area (Å²) in [5.74, 6) is 2.31. The maximum absolute atomic E-state index is 12.8. The zero-order valence-electron chi connectivity index (χ0n) is 16.5. The average molecular weight is 379 g/mol. The van der Waals surface area contributed by atoms with Gasteiger partial charge in [-0.05, 0) is 56.8 Å². The first-order valence-corrected chi connectivity index (χ1v) is 10.9. The first-order chi connectivity index (χ1) is 13.1. The minimum Gasteiger partial charge on any atom is -0.381 e. The Labute approximate surface area is 162 Å². The molecule has 1 aliphatic carbocycles. The average Bonchev–Trinajstić information content (AvgIpc) is 3.45. The Hall–Kier alpha value is -1.14. The Morgan fingerprint density at radius 1 is 1.11 bits per heavy atom. The summed E-state index contributed by atoms with van der Waals surface area (Å²) in [6, 6.07) is 0.276. The lowest BCUT2D eigenvalue weighted by Gasteiger charge is -2.37. The van der Waals surface area contributed by atoms with Gasteiger partial charge in [0.15, 0.2) is 0 Å². The predicted molar refractivity (Wildman–Crippen MR) is 101 cm³/mol. The smallest absolute Gasteiger partial charge is 0.222 e. The van der Waals surface area contributed by atoms with Gasteiger partial charge in [-0.1, -0.05) is 0 Å². The molecule has 4 rings (SSSR count). The second-order valence-electron chi connectivity index (χ2n) is 9.08. The molecule has 1 saturated carbocycles. The van der Waals surface area contributed by atoms with Gasteiger partial charge in [0.25, 0.3) is 0 Å². The highest BCUT2D eigenvalue weighted by Crippen LogP contribution is 2.37. The summed E-state index contributed by atoms with van der Waals surface area (Å²) in [4.78, 5) is 27.2. The lowest BCUT2D eigenvalue weighted by molar-refractivity contribution is -0.135. The first-order valence-electron chi connectivity index (χ1n) is 10.9. The second-order valence-corrected chi connectivity index (χ2v) is 9.08. The highest BCUT2D eigenvalue weighted by molar-refractivity contribution is 5.77. The molecule has 0 aromatic carbocycles. The number of nitrogens with one attached hydrogen (secondary N) is 1. The van der Waals surface area contributed by atoms with E-state index in [4.69, 9.17) is 9.47 Å². The number of carbonyl (C=O) groups is 2. The number of likely N-dealkylation sites (tertiary alicyclic amines) is 1. The second kappa shape index (κ2) is 8.48. The molecule has 4 aliphatic rings. The van der Waals surface area contributed by atoms with E-state index >= 15 is 0 Å². The van der Waals surface area contributed by atoms with Crippen LogP contribution in [0.4, 0.5) is 0 Å². The lowest BCUT2D eigenvalue weighted by atomic mass is 9.83. The molecule has 0 spiro atoms. The van der Waals surface area contributed by atoms with Crippen LogP contribution in [0.25, 0.3) is 0 Å². The van der Waals surface area contributed by atoms with Crippen LogP contribution in [0.3, 0.4) is 0 Å². The molecular formula is C21H34N2O4. The lowest BCUT2D eigenvalue weighted by Crippen LogP contribution is -2.46. The zero-order valence-corrected chi connectivity index (χ0v) is 16.5. The molecule has 152 valence electrons. The van der Waals surface area contributed by atoms with E-state index in [9.17, 15) is 9.59 Å². The summed E-state index contributed by atoms with van der Waals surface area (Å²) in [5, 5.41) is 3.14. The molecular weight excluding hydrogens is 344 g/mol. The van der Waals surface area contributed by atoms with Crippen molar-refractivity contribution >= 4 is 11.8 Å². The molecule has 27 heavy (non-hydrogen) atoms. The summed E-state index contributed by atoms with van der Waals surface area (Å²) in [6.07, 6.45) is 6.49. The van der Waals surface area contributed by atoms with Crippen molar-refractivity contribution in [3.8, 4) is 0 Å². The standard InChI is InChI=1S/C21H34N2O4/c1-14(16-2-3-16)22-20(24)11-19-18-12-23(7-4-17(18)13-27-19)21(25)10-15-5-8-26-9-6-15/h14-19H,2-13H2,1H3,(H,22,24)/t14-,17+,18+,19?/m1/s1. The Morgan fingerprint density at radius 3 is 2.63 bits per heavy atom. The summed E-state index contributed by atoms with van der Waals surface area (Å²) in [6.45, 7) is 6.00. The fraction of sp³-hybridized carbons (Fsp3) is 0.905. The van der Waals surface area contributed by atoms with E-state index in [1.807, 2.05) is 4.90 Å². The number of fused-ring (bicyclic) bond motifs is 1. The van der Waals surface area contributed by atoms with Gasteiger partial charge in [-0.2, -0.15) is 0 Å². The van der Waals surface area contributed by atoms with Crippen LogP contribution >= 0.6 is 0 Å². The van der Waals surface area contributed by atoms with E-state index in [0.717, 1.165) is 52.2 Å². The Bertz CT molecular complexity index is 544. The minimum absolute atomic E-state index is 0.0416. The van der Waals surface area contributed by atoms with Gasteiger partial charge in [-0.15, -0.1) is 0 Å². The number of carbonyl (C=O) groups excluding carboxylic acids is 2. The molecule has 0 aromatic heterocycles. The van der Waals surface area contributed by atoms with Crippen molar-refractivity contribution in [3.63, 3.8) is 0 Å². The van der Waals surface area contributed by atoms with Crippen molar-refractivity contribution in [2.24, 2.45) is 23.7 Å². The molecule has 4 atom stereocenters. The predicted octanol–water partition coefficient (Wildman–Crippen LogP) is 1.97. The van der Waals surface area contributed by atoms with Gasteiger partial charge in [0.1, 0.15) is 0 Å². The van der Waals surface area contributed by atoms with Crippen LogP contribution in [0.1, 0.15) is 51.9 Å². The Morgan fingerprint density at radius 2 is 1.89 bits per heavy atom. The number of nitrogens with zero attached hydrogens (tertiary/aromatic N) is 1. The van der Waals surface area contributed by atoms with Crippen LogP contribution in [-0.4, -0.2) is 61.8 Å². The molecule has 3 saturated heterocycles. The van der Waals surface area contributed by atoms with E-state index < -0.39 is 0 Å². The minimum atomic E-state index is -0.0416. The highest BCUT2D eigenvalue weighted by atomic mass is 16.5. The molecule has 2 amide bonds. The van der Waals surface area contributed by atoms with E-state index in [1.165, 1.54) is 12.8 Å². The molecule has 3 heterocycles. The normalized spacial score (nSPS) is 32.8. The van der Waals surface area contributed by atoms with Gasteiger partial charge in [-0.3, -0.25) is 9.59 Å². The van der Waals surface area contributed by atoms with Gasteiger partial charge in [-0.25, -0.2) is 0 Å². The molecule has 1 N–H and O–H groups in total. The number of ether oxygens (including phenoxy) is 2. The third-order valence-corrected chi connectivity index (χ3v) is 7.07.